The minimum absolute atomic E-state index is 0.212. The molecule has 2 N–H and O–H groups in total. The summed E-state index contributed by atoms with van der Waals surface area (Å²) in [6, 6.07) is 1.85. The molecule has 7 nitrogen and oxygen atoms in total. The maximum absolute atomic E-state index is 11.4. The molecule has 0 aliphatic carbocycles. The molecule has 1 aliphatic heterocycles. The van der Waals surface area contributed by atoms with Gasteiger partial charge in [-0.05, 0) is 26.8 Å². The van der Waals surface area contributed by atoms with Crippen LogP contribution >= 0.6 is 0 Å². The zero-order valence-electron chi connectivity index (χ0n) is 11.2. The minimum Gasteiger partial charge on any atom is -0.356 e. The summed E-state index contributed by atoms with van der Waals surface area (Å²) in [5.74, 6) is 0.879. The number of rotatable bonds is 2. The van der Waals surface area contributed by atoms with Crippen LogP contribution in [0.3, 0.4) is 0 Å². The first-order valence-corrected chi connectivity index (χ1v) is 6.48. The van der Waals surface area contributed by atoms with Crippen LogP contribution < -0.4 is 15.9 Å². The van der Waals surface area contributed by atoms with E-state index in [0.29, 0.717) is 5.65 Å². The van der Waals surface area contributed by atoms with E-state index in [4.69, 9.17) is 0 Å². The van der Waals surface area contributed by atoms with Gasteiger partial charge in [0.25, 0.3) is 0 Å². The van der Waals surface area contributed by atoms with Crippen molar-refractivity contribution < 1.29 is 0 Å². The van der Waals surface area contributed by atoms with Crippen molar-refractivity contribution in [3.63, 3.8) is 0 Å². The number of nitrogens with one attached hydrogen (secondary N) is 2. The number of hydrogen-bond acceptors (Lipinski definition) is 5. The Labute approximate surface area is 110 Å². The fraction of sp³-hybridized carbons (Fsp3) is 0.583. The molecule has 0 atom stereocenters. The second-order valence-corrected chi connectivity index (χ2v) is 5.30. The van der Waals surface area contributed by atoms with E-state index in [1.54, 1.807) is 0 Å². The molecule has 1 aliphatic rings. The number of H-pyrrole nitrogens is 1. The van der Waals surface area contributed by atoms with Crippen LogP contribution in [0.1, 0.15) is 19.8 Å². The second kappa shape index (κ2) is 4.34. The smallest absolute Gasteiger partial charge is 0.348 e. The Kier molecular flexibility index (Phi) is 2.78. The van der Waals surface area contributed by atoms with Gasteiger partial charge in [0, 0.05) is 24.7 Å². The first-order chi connectivity index (χ1) is 9.11. The highest BCUT2D eigenvalue weighted by molar-refractivity contribution is 5.50. The molecule has 2 aromatic rings. The van der Waals surface area contributed by atoms with E-state index >= 15 is 0 Å². The van der Waals surface area contributed by atoms with E-state index in [0.717, 1.165) is 31.7 Å². The van der Waals surface area contributed by atoms with Crippen LogP contribution in [0, 0.1) is 0 Å². The lowest BCUT2D eigenvalue weighted by Gasteiger charge is -2.39. The van der Waals surface area contributed by atoms with Crippen LogP contribution in [0.2, 0.25) is 0 Å². The van der Waals surface area contributed by atoms with Crippen molar-refractivity contribution in [1.29, 1.82) is 0 Å². The summed E-state index contributed by atoms with van der Waals surface area (Å²) < 4.78 is 1.41. The maximum Gasteiger partial charge on any atom is 0.348 e. The lowest BCUT2D eigenvalue weighted by molar-refractivity contribution is 0.304. The van der Waals surface area contributed by atoms with Gasteiger partial charge in [0.1, 0.15) is 12.1 Å². The number of aromatic nitrogens is 4. The molecule has 0 radical (unpaired) electrons. The summed E-state index contributed by atoms with van der Waals surface area (Å²) in [7, 11) is 2.01. The summed E-state index contributed by atoms with van der Waals surface area (Å²) in [6.45, 7) is 4.15. The van der Waals surface area contributed by atoms with Gasteiger partial charge < -0.3 is 10.2 Å². The number of aromatic amines is 1. The van der Waals surface area contributed by atoms with Gasteiger partial charge in [0.15, 0.2) is 5.65 Å². The molecule has 0 spiro atoms. The second-order valence-electron chi connectivity index (χ2n) is 5.30. The molecule has 102 valence electrons. The number of fused-ring (bicyclic) bond motifs is 1. The Bertz CT molecular complexity index is 637. The summed E-state index contributed by atoms with van der Waals surface area (Å²) in [5.41, 5.74) is 0.566. The molecule has 3 rings (SSSR count). The lowest BCUT2D eigenvalue weighted by Crippen LogP contribution is -2.50. The Hall–Kier alpha value is -1.89. The molecule has 0 aromatic carbocycles. The van der Waals surface area contributed by atoms with Crippen LogP contribution in [-0.2, 0) is 0 Å². The predicted molar refractivity (Wildman–Crippen MR) is 72.5 cm³/mol. The summed E-state index contributed by atoms with van der Waals surface area (Å²) in [6.07, 6.45) is 3.68. The number of hydrogen-bond donors (Lipinski definition) is 2. The average molecular weight is 262 g/mol. The molecule has 0 saturated carbocycles. The highest BCUT2D eigenvalue weighted by Gasteiger charge is 2.28. The fourth-order valence-corrected chi connectivity index (χ4v) is 2.45. The van der Waals surface area contributed by atoms with E-state index in [9.17, 15) is 4.79 Å². The summed E-state index contributed by atoms with van der Waals surface area (Å²) in [4.78, 5) is 18.0. The van der Waals surface area contributed by atoms with E-state index in [-0.39, 0.29) is 11.2 Å². The Morgan fingerprint density at radius 2 is 2.16 bits per heavy atom. The molecular formula is C12H18N6O. The molecule has 0 bridgehead atoms. The van der Waals surface area contributed by atoms with Gasteiger partial charge >= 0.3 is 5.69 Å². The normalized spacial score (nSPS) is 18.9. The SMILES string of the molecule is CNC1(C)CCN(c2cc3n[nH]c(=O)n3cn2)CC1. The highest BCUT2D eigenvalue weighted by Crippen LogP contribution is 2.24. The molecule has 7 heteroatoms. The largest absolute Gasteiger partial charge is 0.356 e. The average Bonchev–Trinajstić information content (AvgIpc) is 2.81. The van der Waals surface area contributed by atoms with Gasteiger partial charge in [-0.3, -0.25) is 0 Å². The van der Waals surface area contributed by atoms with Crippen LogP contribution in [-0.4, -0.2) is 45.3 Å². The number of piperidine rings is 1. The first kappa shape index (κ1) is 12.2. The molecule has 0 amide bonds. The van der Waals surface area contributed by atoms with Crippen molar-refractivity contribution in [1.82, 2.24) is 24.9 Å². The van der Waals surface area contributed by atoms with E-state index < -0.39 is 0 Å². The zero-order chi connectivity index (χ0) is 13.5. The van der Waals surface area contributed by atoms with E-state index in [1.807, 2.05) is 13.1 Å². The van der Waals surface area contributed by atoms with Crippen LogP contribution in [0.15, 0.2) is 17.2 Å². The minimum atomic E-state index is -0.254. The molecule has 3 heterocycles. The third kappa shape index (κ3) is 2.10. The van der Waals surface area contributed by atoms with Crippen molar-refractivity contribution >= 4 is 11.5 Å². The third-order valence-corrected chi connectivity index (χ3v) is 4.09. The molecule has 1 saturated heterocycles. The number of nitrogens with zero attached hydrogens (tertiary/aromatic N) is 4. The van der Waals surface area contributed by atoms with Crippen molar-refractivity contribution in [2.75, 3.05) is 25.0 Å². The maximum atomic E-state index is 11.4. The van der Waals surface area contributed by atoms with Gasteiger partial charge in [-0.1, -0.05) is 0 Å². The van der Waals surface area contributed by atoms with Gasteiger partial charge in [-0.2, -0.15) is 5.10 Å². The van der Waals surface area contributed by atoms with Crippen molar-refractivity contribution in [3.05, 3.63) is 22.9 Å². The molecule has 2 aromatic heterocycles. The third-order valence-electron chi connectivity index (χ3n) is 4.09. The molecule has 19 heavy (non-hydrogen) atoms. The quantitative estimate of drug-likeness (QED) is 0.796. The Morgan fingerprint density at radius 1 is 1.42 bits per heavy atom. The van der Waals surface area contributed by atoms with Gasteiger partial charge in [0.05, 0.1) is 0 Å². The van der Waals surface area contributed by atoms with Crippen LogP contribution in [0.5, 0.6) is 0 Å². The van der Waals surface area contributed by atoms with Gasteiger partial charge in [-0.15, -0.1) is 0 Å². The summed E-state index contributed by atoms with van der Waals surface area (Å²) in [5, 5.41) is 9.76. The van der Waals surface area contributed by atoms with Crippen LogP contribution in [0.4, 0.5) is 5.82 Å². The van der Waals surface area contributed by atoms with Crippen molar-refractivity contribution in [3.8, 4) is 0 Å². The topological polar surface area (TPSA) is 78.3 Å². The molecule has 1 fully saturated rings. The van der Waals surface area contributed by atoms with Crippen LogP contribution in [0.25, 0.3) is 5.65 Å². The summed E-state index contributed by atoms with van der Waals surface area (Å²) >= 11 is 0. The monoisotopic (exact) mass is 262 g/mol. The Morgan fingerprint density at radius 3 is 2.84 bits per heavy atom. The fourth-order valence-electron chi connectivity index (χ4n) is 2.45. The van der Waals surface area contributed by atoms with Crippen molar-refractivity contribution in [2.45, 2.75) is 25.3 Å². The molecular weight excluding hydrogens is 244 g/mol. The predicted octanol–water partition coefficient (Wildman–Crippen LogP) is -0.00410. The highest BCUT2D eigenvalue weighted by atomic mass is 16.1. The van der Waals surface area contributed by atoms with Gasteiger partial charge in [0.2, 0.25) is 0 Å². The first-order valence-electron chi connectivity index (χ1n) is 6.48. The lowest BCUT2D eigenvalue weighted by atomic mass is 9.90. The van der Waals surface area contributed by atoms with Gasteiger partial charge in [-0.25, -0.2) is 19.3 Å². The van der Waals surface area contributed by atoms with Crippen molar-refractivity contribution in [2.24, 2.45) is 0 Å². The van der Waals surface area contributed by atoms with E-state index in [1.165, 1.54) is 10.7 Å². The molecule has 0 unspecified atom stereocenters. The zero-order valence-corrected chi connectivity index (χ0v) is 11.2. The standard InChI is InChI=1S/C12H18N6O/c1-12(13-2)3-5-17(6-4-12)9-7-10-15-16-11(19)18(10)8-14-9/h7-8,13H,3-6H2,1-2H3,(H,16,19). The Balaban J connectivity index is 1.84. The van der Waals surface area contributed by atoms with E-state index in [2.05, 4.69) is 32.3 Å². The number of anilines is 1.